The molecule has 7 heteroatoms. The zero-order valence-electron chi connectivity index (χ0n) is 15.2. The van der Waals surface area contributed by atoms with E-state index in [1.807, 2.05) is 50.2 Å². The summed E-state index contributed by atoms with van der Waals surface area (Å²) in [6, 6.07) is 12.7. The minimum Gasteiger partial charge on any atom is -0.486 e. The molecule has 1 heterocycles. The van der Waals surface area contributed by atoms with Crippen LogP contribution in [0.1, 0.15) is 17.2 Å². The zero-order valence-corrected chi connectivity index (χ0v) is 16.0. The number of nitrogens with one attached hydrogen (secondary N) is 1. The molecule has 0 bridgehead atoms. The van der Waals surface area contributed by atoms with Crippen LogP contribution in [0.2, 0.25) is 0 Å². The highest BCUT2D eigenvalue weighted by Gasteiger charge is 2.22. The zero-order chi connectivity index (χ0) is 18.7. The van der Waals surface area contributed by atoms with Gasteiger partial charge in [-0.1, -0.05) is 29.8 Å². The second-order valence-electron chi connectivity index (χ2n) is 6.55. The van der Waals surface area contributed by atoms with Crippen molar-refractivity contribution in [3.8, 4) is 11.5 Å². The van der Waals surface area contributed by atoms with Crippen LogP contribution in [0, 0.1) is 6.92 Å². The highest BCUT2D eigenvalue weighted by atomic mass is 32.2. The first-order chi connectivity index (χ1) is 12.4. The maximum atomic E-state index is 12.7. The van der Waals surface area contributed by atoms with Gasteiger partial charge in [0, 0.05) is 18.7 Å². The summed E-state index contributed by atoms with van der Waals surface area (Å²) in [4.78, 5) is 2.17. The molecule has 0 aliphatic carbocycles. The Morgan fingerprint density at radius 3 is 2.35 bits per heavy atom. The van der Waals surface area contributed by atoms with Crippen LogP contribution in [-0.4, -0.2) is 47.2 Å². The molecule has 0 saturated carbocycles. The van der Waals surface area contributed by atoms with Gasteiger partial charge in [-0.3, -0.25) is 0 Å². The number of nitrogens with zero attached hydrogens (tertiary/aromatic N) is 1. The van der Waals surface area contributed by atoms with E-state index in [-0.39, 0.29) is 17.5 Å². The molecular weight excluding hydrogens is 352 g/mol. The fourth-order valence-corrected chi connectivity index (χ4v) is 3.90. The van der Waals surface area contributed by atoms with Crippen molar-refractivity contribution in [2.24, 2.45) is 0 Å². The van der Waals surface area contributed by atoms with Gasteiger partial charge >= 0.3 is 0 Å². The van der Waals surface area contributed by atoms with Crippen molar-refractivity contribution < 1.29 is 17.9 Å². The number of sulfonamides is 1. The van der Waals surface area contributed by atoms with Crippen molar-refractivity contribution in [2.75, 3.05) is 33.9 Å². The lowest BCUT2D eigenvalue weighted by molar-refractivity contribution is 0.171. The number of benzene rings is 2. The SMILES string of the molecule is Cc1ccc([C@@H](CNS(=O)(=O)c2ccc3c(c2)OCCO3)N(C)C)cc1. The fraction of sp³-hybridized carbons (Fsp3) is 0.368. The largest absolute Gasteiger partial charge is 0.486 e. The molecule has 1 aliphatic rings. The number of fused-ring (bicyclic) bond motifs is 1. The number of hydrogen-bond acceptors (Lipinski definition) is 5. The van der Waals surface area contributed by atoms with E-state index in [2.05, 4.69) is 4.72 Å². The van der Waals surface area contributed by atoms with Gasteiger partial charge in [-0.15, -0.1) is 0 Å². The summed E-state index contributed by atoms with van der Waals surface area (Å²) < 4.78 is 39.0. The van der Waals surface area contributed by atoms with Crippen molar-refractivity contribution in [2.45, 2.75) is 17.9 Å². The standard InChI is InChI=1S/C19H24N2O4S/c1-14-4-6-15(7-5-14)17(21(2)3)13-20-26(22,23)16-8-9-18-19(12-16)25-11-10-24-18/h4-9,12,17,20H,10-11,13H2,1-3H3/t17-/m1/s1. The average Bonchev–Trinajstić information content (AvgIpc) is 2.62. The van der Waals surface area contributed by atoms with Gasteiger partial charge < -0.3 is 14.4 Å². The van der Waals surface area contributed by atoms with E-state index >= 15 is 0 Å². The van der Waals surface area contributed by atoms with Crippen LogP contribution in [0.25, 0.3) is 0 Å². The summed E-state index contributed by atoms with van der Waals surface area (Å²) >= 11 is 0. The highest BCUT2D eigenvalue weighted by molar-refractivity contribution is 7.89. The van der Waals surface area contributed by atoms with Gasteiger partial charge in [0.05, 0.1) is 4.90 Å². The molecule has 1 aliphatic heterocycles. The smallest absolute Gasteiger partial charge is 0.240 e. The molecule has 0 spiro atoms. The van der Waals surface area contributed by atoms with Gasteiger partial charge in [0.15, 0.2) is 11.5 Å². The van der Waals surface area contributed by atoms with Crippen LogP contribution in [-0.2, 0) is 10.0 Å². The Morgan fingerprint density at radius 1 is 1.04 bits per heavy atom. The number of ether oxygens (including phenoxy) is 2. The molecule has 26 heavy (non-hydrogen) atoms. The molecule has 1 atom stereocenters. The maximum Gasteiger partial charge on any atom is 0.240 e. The molecule has 0 unspecified atom stereocenters. The average molecular weight is 376 g/mol. The van der Waals surface area contributed by atoms with Crippen molar-refractivity contribution in [3.05, 3.63) is 53.6 Å². The number of aryl methyl sites for hydroxylation is 1. The van der Waals surface area contributed by atoms with E-state index < -0.39 is 10.0 Å². The van der Waals surface area contributed by atoms with Crippen LogP contribution >= 0.6 is 0 Å². The molecule has 0 radical (unpaired) electrons. The van der Waals surface area contributed by atoms with E-state index in [4.69, 9.17) is 9.47 Å². The van der Waals surface area contributed by atoms with Crippen molar-refractivity contribution in [3.63, 3.8) is 0 Å². The fourth-order valence-electron chi connectivity index (χ4n) is 2.85. The third-order valence-corrected chi connectivity index (χ3v) is 5.80. The summed E-state index contributed by atoms with van der Waals surface area (Å²) in [6.07, 6.45) is 0. The van der Waals surface area contributed by atoms with Gasteiger partial charge in [0.2, 0.25) is 10.0 Å². The van der Waals surface area contributed by atoms with Crippen LogP contribution in [0.5, 0.6) is 11.5 Å². The lowest BCUT2D eigenvalue weighted by Gasteiger charge is -2.25. The molecule has 1 N–H and O–H groups in total. The van der Waals surface area contributed by atoms with Gasteiger partial charge in [-0.2, -0.15) is 0 Å². The Bertz CT molecular complexity index is 864. The second kappa shape index (κ2) is 7.65. The Morgan fingerprint density at radius 2 is 1.69 bits per heavy atom. The van der Waals surface area contributed by atoms with Crippen LogP contribution in [0.15, 0.2) is 47.4 Å². The molecule has 6 nitrogen and oxygen atoms in total. The van der Waals surface area contributed by atoms with E-state index in [0.717, 1.165) is 5.56 Å². The van der Waals surface area contributed by atoms with E-state index in [9.17, 15) is 8.42 Å². The summed E-state index contributed by atoms with van der Waals surface area (Å²) in [6.45, 7) is 3.18. The monoisotopic (exact) mass is 376 g/mol. The minimum absolute atomic E-state index is 0.0671. The van der Waals surface area contributed by atoms with Crippen molar-refractivity contribution in [1.82, 2.24) is 9.62 Å². The Balaban J connectivity index is 1.77. The summed E-state index contributed by atoms with van der Waals surface area (Å²) in [5, 5.41) is 0. The third kappa shape index (κ3) is 4.17. The molecule has 3 rings (SSSR count). The molecule has 0 amide bonds. The second-order valence-corrected chi connectivity index (χ2v) is 8.31. The topological polar surface area (TPSA) is 67.9 Å². The van der Waals surface area contributed by atoms with E-state index in [0.29, 0.717) is 24.7 Å². The first-order valence-corrected chi connectivity index (χ1v) is 9.97. The minimum atomic E-state index is -3.65. The molecule has 0 fully saturated rings. The third-order valence-electron chi connectivity index (χ3n) is 4.38. The van der Waals surface area contributed by atoms with E-state index in [1.54, 1.807) is 6.07 Å². The van der Waals surface area contributed by atoms with Crippen molar-refractivity contribution >= 4 is 10.0 Å². The molecular formula is C19H24N2O4S. The Kier molecular flexibility index (Phi) is 5.50. The van der Waals surface area contributed by atoms with Crippen molar-refractivity contribution in [1.29, 1.82) is 0 Å². The molecule has 140 valence electrons. The number of rotatable bonds is 6. The first kappa shape index (κ1) is 18.7. The molecule has 0 aromatic heterocycles. The maximum absolute atomic E-state index is 12.7. The summed E-state index contributed by atoms with van der Waals surface area (Å²) in [7, 11) is 0.216. The normalized spacial score (nSPS) is 15.1. The highest BCUT2D eigenvalue weighted by Crippen LogP contribution is 2.32. The lowest BCUT2D eigenvalue weighted by Crippen LogP contribution is -2.34. The Labute approximate surface area is 154 Å². The first-order valence-electron chi connectivity index (χ1n) is 8.49. The van der Waals surface area contributed by atoms with Crippen LogP contribution in [0.3, 0.4) is 0 Å². The molecule has 2 aromatic rings. The predicted molar refractivity (Wildman–Crippen MR) is 100 cm³/mol. The summed E-state index contributed by atoms with van der Waals surface area (Å²) in [5.74, 6) is 1.03. The summed E-state index contributed by atoms with van der Waals surface area (Å²) in [5.41, 5.74) is 2.23. The van der Waals surface area contributed by atoms with Gasteiger partial charge in [0.25, 0.3) is 0 Å². The lowest BCUT2D eigenvalue weighted by atomic mass is 10.0. The number of likely N-dealkylation sites (N-methyl/N-ethyl adjacent to an activating group) is 1. The Hall–Kier alpha value is -2.09. The van der Waals surface area contributed by atoms with Gasteiger partial charge in [0.1, 0.15) is 13.2 Å². The van der Waals surface area contributed by atoms with E-state index in [1.165, 1.54) is 17.7 Å². The van der Waals surface area contributed by atoms with Crippen LogP contribution < -0.4 is 14.2 Å². The quantitative estimate of drug-likeness (QED) is 0.838. The van der Waals surface area contributed by atoms with Crippen LogP contribution in [0.4, 0.5) is 0 Å². The van der Waals surface area contributed by atoms with Gasteiger partial charge in [-0.25, -0.2) is 13.1 Å². The number of hydrogen-bond donors (Lipinski definition) is 1. The molecule has 2 aromatic carbocycles. The molecule has 0 saturated heterocycles. The van der Waals surface area contributed by atoms with Gasteiger partial charge in [-0.05, 0) is 38.7 Å². The predicted octanol–water partition coefficient (Wildman–Crippen LogP) is 2.35.